The maximum Gasteiger partial charge on any atom is 0.135 e. The molecular weight excluding hydrogens is 324 g/mol. The summed E-state index contributed by atoms with van der Waals surface area (Å²) in [4.78, 5) is 12.4. The van der Waals surface area contributed by atoms with E-state index >= 15 is 0 Å². The molecule has 4 saturated carbocycles. The van der Waals surface area contributed by atoms with Crippen molar-refractivity contribution in [1.82, 2.24) is 0 Å². The van der Waals surface area contributed by atoms with Gasteiger partial charge in [0.15, 0.2) is 0 Å². The van der Waals surface area contributed by atoms with E-state index in [1.165, 1.54) is 38.5 Å². The Labute approximate surface area is 158 Å². The Balaban J connectivity index is 1.64. The fourth-order valence-corrected chi connectivity index (χ4v) is 7.94. The van der Waals surface area contributed by atoms with Gasteiger partial charge in [-0.1, -0.05) is 19.9 Å². The van der Waals surface area contributed by atoms with E-state index in [9.17, 15) is 9.90 Å². The van der Waals surface area contributed by atoms with Crippen LogP contribution >= 0.6 is 0 Å². The lowest BCUT2D eigenvalue weighted by atomic mass is 9.44. The summed E-state index contributed by atoms with van der Waals surface area (Å²) in [6.45, 7) is 9.48. The van der Waals surface area contributed by atoms with Crippen LogP contribution in [-0.2, 0) is 9.53 Å². The fourth-order valence-electron chi connectivity index (χ4n) is 7.94. The second-order valence-corrected chi connectivity index (χ2v) is 10.0. The second kappa shape index (κ2) is 6.74. The minimum atomic E-state index is -0.00494. The standard InChI is InChI=1S/C23H36O3/c1-4-15-6-8-19-18-7-5-16-13-17(25)14-21(26-12-11-24)23(16,3)20(18)9-10-22(15,19)2/h4,15-16,18-21,24H,1,5-14H2,2-3H3/t15-,16-,18-,19-,20-,21-,22+,23-/m0/s1. The number of hydrogen-bond donors (Lipinski definition) is 1. The van der Waals surface area contributed by atoms with E-state index in [0.29, 0.717) is 42.0 Å². The number of rotatable bonds is 4. The van der Waals surface area contributed by atoms with E-state index < -0.39 is 0 Å². The number of Topliss-reactive ketones (excluding diaryl/α,β-unsaturated/α-hetero) is 1. The molecule has 0 saturated heterocycles. The largest absolute Gasteiger partial charge is 0.394 e. The third-order valence-corrected chi connectivity index (χ3v) is 9.31. The number of allylic oxidation sites excluding steroid dienone is 1. The zero-order chi connectivity index (χ0) is 18.5. The number of ketones is 1. The molecule has 0 bridgehead atoms. The van der Waals surface area contributed by atoms with Gasteiger partial charge in [0.2, 0.25) is 0 Å². The van der Waals surface area contributed by atoms with Crippen LogP contribution < -0.4 is 0 Å². The zero-order valence-electron chi connectivity index (χ0n) is 16.6. The Morgan fingerprint density at radius 2 is 1.96 bits per heavy atom. The van der Waals surface area contributed by atoms with Gasteiger partial charge in [0.25, 0.3) is 0 Å². The SMILES string of the molecule is C=C[C@H]1CC[C@H]2[C@@H]3CC[C@H]4CC(=O)C[C@H](OCCO)[C@]4(C)[C@H]3CC[C@]12C. The van der Waals surface area contributed by atoms with Crippen LogP contribution in [0.1, 0.15) is 65.2 Å². The maximum absolute atomic E-state index is 12.4. The molecule has 0 aromatic heterocycles. The Kier molecular flexibility index (Phi) is 4.84. The minimum Gasteiger partial charge on any atom is -0.394 e. The highest BCUT2D eigenvalue weighted by Crippen LogP contribution is 2.67. The molecule has 3 nitrogen and oxygen atoms in total. The van der Waals surface area contributed by atoms with E-state index in [1.807, 2.05) is 0 Å². The summed E-state index contributed by atoms with van der Waals surface area (Å²) in [5.74, 6) is 3.75. The highest BCUT2D eigenvalue weighted by molar-refractivity contribution is 5.80. The summed E-state index contributed by atoms with van der Waals surface area (Å²) < 4.78 is 6.12. The lowest BCUT2D eigenvalue weighted by molar-refractivity contribution is -0.184. The van der Waals surface area contributed by atoms with E-state index in [4.69, 9.17) is 4.74 Å². The Morgan fingerprint density at radius 1 is 1.15 bits per heavy atom. The fraction of sp³-hybridized carbons (Fsp3) is 0.870. The molecule has 0 radical (unpaired) electrons. The summed E-state index contributed by atoms with van der Waals surface area (Å²) in [7, 11) is 0. The molecule has 4 aliphatic rings. The molecule has 0 amide bonds. The average Bonchev–Trinajstić information content (AvgIpc) is 2.96. The molecule has 1 N–H and O–H groups in total. The first kappa shape index (κ1) is 18.7. The topological polar surface area (TPSA) is 46.5 Å². The zero-order valence-corrected chi connectivity index (χ0v) is 16.6. The van der Waals surface area contributed by atoms with Crippen molar-refractivity contribution >= 4 is 5.78 Å². The monoisotopic (exact) mass is 360 g/mol. The molecule has 4 fully saturated rings. The van der Waals surface area contributed by atoms with Crippen LogP contribution in [0.25, 0.3) is 0 Å². The molecular formula is C23H36O3. The Hall–Kier alpha value is -0.670. The Morgan fingerprint density at radius 3 is 2.69 bits per heavy atom. The maximum atomic E-state index is 12.4. The van der Waals surface area contributed by atoms with Crippen molar-refractivity contribution < 1.29 is 14.6 Å². The van der Waals surface area contributed by atoms with Gasteiger partial charge in [-0.2, -0.15) is 0 Å². The van der Waals surface area contributed by atoms with Gasteiger partial charge in [-0.15, -0.1) is 6.58 Å². The molecule has 0 heterocycles. The van der Waals surface area contributed by atoms with Gasteiger partial charge in [-0.3, -0.25) is 4.79 Å². The average molecular weight is 361 g/mol. The van der Waals surface area contributed by atoms with Crippen LogP contribution in [0.3, 0.4) is 0 Å². The molecule has 0 spiro atoms. The number of fused-ring (bicyclic) bond motifs is 5. The normalized spacial score (nSPS) is 50.7. The summed E-state index contributed by atoms with van der Waals surface area (Å²) in [6.07, 6.45) is 11.2. The third kappa shape index (κ3) is 2.57. The highest BCUT2D eigenvalue weighted by Gasteiger charge is 2.62. The third-order valence-electron chi connectivity index (χ3n) is 9.31. The van der Waals surface area contributed by atoms with Crippen molar-refractivity contribution in [2.24, 2.45) is 40.4 Å². The number of aliphatic hydroxyl groups is 1. The number of hydrogen-bond acceptors (Lipinski definition) is 3. The van der Waals surface area contributed by atoms with Crippen molar-refractivity contribution in [2.75, 3.05) is 13.2 Å². The minimum absolute atomic E-state index is 0.00494. The first-order valence-corrected chi connectivity index (χ1v) is 10.8. The predicted molar refractivity (Wildman–Crippen MR) is 103 cm³/mol. The number of aliphatic hydroxyl groups excluding tert-OH is 1. The van der Waals surface area contributed by atoms with Gasteiger partial charge in [-0.05, 0) is 73.5 Å². The molecule has 146 valence electrons. The predicted octanol–water partition coefficient (Wildman–Crippen LogP) is 4.39. The van der Waals surface area contributed by atoms with Crippen LogP contribution in [0.4, 0.5) is 0 Å². The first-order valence-electron chi connectivity index (χ1n) is 10.8. The second-order valence-electron chi connectivity index (χ2n) is 10.0. The van der Waals surface area contributed by atoms with Crippen LogP contribution in [0, 0.1) is 40.4 Å². The van der Waals surface area contributed by atoms with Crippen molar-refractivity contribution in [3.05, 3.63) is 12.7 Å². The van der Waals surface area contributed by atoms with Crippen LogP contribution in [0.2, 0.25) is 0 Å². The van der Waals surface area contributed by atoms with Gasteiger partial charge < -0.3 is 9.84 Å². The van der Waals surface area contributed by atoms with Gasteiger partial charge in [-0.25, -0.2) is 0 Å². The number of ether oxygens (including phenoxy) is 1. The molecule has 4 rings (SSSR count). The highest BCUT2D eigenvalue weighted by atomic mass is 16.5. The number of carbonyl (C=O) groups is 1. The molecule has 3 heteroatoms. The summed E-state index contributed by atoms with van der Waals surface area (Å²) in [6, 6.07) is 0. The lowest BCUT2D eigenvalue weighted by Crippen LogP contribution is -2.59. The van der Waals surface area contributed by atoms with Crippen LogP contribution in [0.15, 0.2) is 12.7 Å². The quantitative estimate of drug-likeness (QED) is 0.757. The Bertz CT molecular complexity index is 572. The molecule has 8 atom stereocenters. The lowest BCUT2D eigenvalue weighted by Gasteiger charge is -2.62. The molecule has 4 aliphatic carbocycles. The van der Waals surface area contributed by atoms with Gasteiger partial charge >= 0.3 is 0 Å². The smallest absolute Gasteiger partial charge is 0.135 e. The van der Waals surface area contributed by atoms with Crippen molar-refractivity contribution in [2.45, 2.75) is 71.3 Å². The van der Waals surface area contributed by atoms with E-state index in [1.54, 1.807) is 0 Å². The van der Waals surface area contributed by atoms with Crippen LogP contribution in [-0.4, -0.2) is 30.2 Å². The van der Waals surface area contributed by atoms with E-state index in [0.717, 1.165) is 18.3 Å². The van der Waals surface area contributed by atoms with Gasteiger partial charge in [0.05, 0.1) is 19.3 Å². The molecule has 0 aromatic carbocycles. The molecule has 0 unspecified atom stereocenters. The van der Waals surface area contributed by atoms with Gasteiger partial charge in [0.1, 0.15) is 5.78 Å². The van der Waals surface area contributed by atoms with Crippen molar-refractivity contribution in [3.8, 4) is 0 Å². The van der Waals surface area contributed by atoms with Crippen molar-refractivity contribution in [1.29, 1.82) is 0 Å². The molecule has 26 heavy (non-hydrogen) atoms. The molecule has 0 aliphatic heterocycles. The number of carbonyl (C=O) groups excluding carboxylic acids is 1. The first-order chi connectivity index (χ1) is 12.4. The van der Waals surface area contributed by atoms with E-state index in [-0.39, 0.29) is 18.1 Å². The van der Waals surface area contributed by atoms with E-state index in [2.05, 4.69) is 26.5 Å². The van der Waals surface area contributed by atoms with Crippen molar-refractivity contribution in [3.63, 3.8) is 0 Å². The summed E-state index contributed by atoms with van der Waals surface area (Å²) in [5.41, 5.74) is 0.525. The molecule has 0 aromatic rings. The van der Waals surface area contributed by atoms with Crippen LogP contribution in [0.5, 0.6) is 0 Å². The summed E-state index contributed by atoms with van der Waals surface area (Å²) >= 11 is 0. The summed E-state index contributed by atoms with van der Waals surface area (Å²) in [5, 5.41) is 9.27. The van der Waals surface area contributed by atoms with Gasteiger partial charge in [0, 0.05) is 18.3 Å².